The number of aromatic nitrogens is 2. The van der Waals surface area contributed by atoms with Gasteiger partial charge in [-0.3, -0.25) is 9.59 Å². The average Bonchev–Trinajstić information content (AvgIpc) is 2.27. The fourth-order valence-electron chi connectivity index (χ4n) is 0.895. The maximum atomic E-state index is 11.5. The normalized spacial score (nSPS) is 10.9. The van der Waals surface area contributed by atoms with Gasteiger partial charge in [-0.2, -0.15) is 0 Å². The zero-order valence-corrected chi connectivity index (χ0v) is 9.10. The Bertz CT molecular complexity index is 390. The minimum absolute atomic E-state index is 0.0516. The highest BCUT2D eigenvalue weighted by Crippen LogP contribution is 2.13. The van der Waals surface area contributed by atoms with Gasteiger partial charge in [-0.1, -0.05) is 0 Å². The molecular weight excluding hydrogens is 210 g/mol. The van der Waals surface area contributed by atoms with E-state index in [1.165, 1.54) is 32.6 Å². The van der Waals surface area contributed by atoms with Crippen LogP contribution < -0.4 is 5.32 Å². The maximum absolute atomic E-state index is 11.5. The van der Waals surface area contributed by atoms with Gasteiger partial charge in [-0.05, 0) is 13.8 Å². The van der Waals surface area contributed by atoms with Crippen LogP contribution in [0.25, 0.3) is 0 Å². The summed E-state index contributed by atoms with van der Waals surface area (Å²) >= 11 is 0. The molecule has 6 heteroatoms. The van der Waals surface area contributed by atoms with Gasteiger partial charge in [-0.25, -0.2) is 9.97 Å². The quantitative estimate of drug-likeness (QED) is 0.766. The third-order valence-corrected chi connectivity index (χ3v) is 2.09. The van der Waals surface area contributed by atoms with Crippen molar-refractivity contribution >= 4 is 11.9 Å². The zero-order chi connectivity index (χ0) is 12.2. The number of carboxylic acid groups (broad SMARTS) is 1. The molecule has 0 bridgehead atoms. The van der Waals surface area contributed by atoms with Crippen LogP contribution in [-0.4, -0.2) is 33.5 Å². The number of amides is 1. The van der Waals surface area contributed by atoms with Gasteiger partial charge in [0.15, 0.2) is 0 Å². The van der Waals surface area contributed by atoms with Gasteiger partial charge in [-0.15, -0.1) is 0 Å². The van der Waals surface area contributed by atoms with Crippen molar-refractivity contribution in [2.45, 2.75) is 13.8 Å². The molecule has 0 aliphatic heterocycles. The molecule has 6 nitrogen and oxygen atoms in total. The lowest BCUT2D eigenvalue weighted by Crippen LogP contribution is -2.38. The second-order valence-electron chi connectivity index (χ2n) is 4.00. The lowest BCUT2D eigenvalue weighted by Gasteiger charge is -2.19. The van der Waals surface area contributed by atoms with E-state index in [-0.39, 0.29) is 12.5 Å². The molecule has 1 aromatic rings. The van der Waals surface area contributed by atoms with Crippen LogP contribution in [0.3, 0.4) is 0 Å². The highest BCUT2D eigenvalue weighted by molar-refractivity contribution is 5.93. The van der Waals surface area contributed by atoms with Crippen LogP contribution in [0.15, 0.2) is 18.7 Å². The first-order valence-corrected chi connectivity index (χ1v) is 4.70. The smallest absolute Gasteiger partial charge is 0.310 e. The van der Waals surface area contributed by atoms with E-state index in [1.807, 2.05) is 0 Å². The highest BCUT2D eigenvalue weighted by atomic mass is 16.4. The summed E-state index contributed by atoms with van der Waals surface area (Å²) in [5, 5.41) is 11.4. The van der Waals surface area contributed by atoms with Gasteiger partial charge >= 0.3 is 5.97 Å². The first-order valence-electron chi connectivity index (χ1n) is 4.70. The number of aliphatic carboxylic acids is 1. The standard InChI is InChI=1S/C10H13N3O3/c1-10(2,9(15)16)5-13-8(14)7-3-11-6-12-4-7/h3-4,6H,5H2,1-2H3,(H,13,14)(H,15,16). The molecule has 0 fully saturated rings. The molecule has 86 valence electrons. The summed E-state index contributed by atoms with van der Waals surface area (Å²) in [6.45, 7) is 3.13. The van der Waals surface area contributed by atoms with E-state index >= 15 is 0 Å². The van der Waals surface area contributed by atoms with Gasteiger partial charge in [0.25, 0.3) is 5.91 Å². The van der Waals surface area contributed by atoms with Crippen LogP contribution in [0.2, 0.25) is 0 Å². The number of carbonyl (C=O) groups is 2. The molecule has 0 radical (unpaired) electrons. The molecule has 1 rings (SSSR count). The topological polar surface area (TPSA) is 92.2 Å². The van der Waals surface area contributed by atoms with E-state index in [4.69, 9.17) is 5.11 Å². The largest absolute Gasteiger partial charge is 0.481 e. The van der Waals surface area contributed by atoms with Crippen LogP contribution in [0.1, 0.15) is 24.2 Å². The number of rotatable bonds is 4. The molecule has 0 saturated carbocycles. The van der Waals surface area contributed by atoms with Gasteiger partial charge in [0.05, 0.1) is 11.0 Å². The van der Waals surface area contributed by atoms with Crippen molar-refractivity contribution < 1.29 is 14.7 Å². The van der Waals surface area contributed by atoms with Crippen LogP contribution in [-0.2, 0) is 4.79 Å². The predicted octanol–water partition coefficient (Wildman–Crippen LogP) is 0.317. The monoisotopic (exact) mass is 223 g/mol. The minimum atomic E-state index is -0.995. The summed E-state index contributed by atoms with van der Waals surface area (Å²) in [7, 11) is 0. The van der Waals surface area contributed by atoms with Gasteiger partial charge in [0.1, 0.15) is 6.33 Å². The molecule has 16 heavy (non-hydrogen) atoms. The molecule has 0 saturated heterocycles. The number of carboxylic acids is 1. The Kier molecular flexibility index (Phi) is 3.55. The van der Waals surface area contributed by atoms with E-state index < -0.39 is 11.4 Å². The third-order valence-electron chi connectivity index (χ3n) is 2.09. The summed E-state index contributed by atoms with van der Waals surface area (Å²) in [6, 6.07) is 0. The molecule has 0 aliphatic rings. The lowest BCUT2D eigenvalue weighted by atomic mass is 9.94. The van der Waals surface area contributed by atoms with Gasteiger partial charge in [0, 0.05) is 18.9 Å². The van der Waals surface area contributed by atoms with Crippen molar-refractivity contribution in [3.63, 3.8) is 0 Å². The molecule has 0 spiro atoms. The third kappa shape index (κ3) is 3.01. The number of hydrogen-bond donors (Lipinski definition) is 2. The van der Waals surface area contributed by atoms with E-state index in [2.05, 4.69) is 15.3 Å². The SMILES string of the molecule is CC(C)(CNC(=O)c1cncnc1)C(=O)O. The van der Waals surface area contributed by atoms with Crippen LogP contribution >= 0.6 is 0 Å². The fourth-order valence-corrected chi connectivity index (χ4v) is 0.895. The molecule has 1 aromatic heterocycles. The van der Waals surface area contributed by atoms with Crippen molar-refractivity contribution in [1.29, 1.82) is 0 Å². The highest BCUT2D eigenvalue weighted by Gasteiger charge is 2.27. The molecule has 1 heterocycles. The Balaban J connectivity index is 2.58. The summed E-state index contributed by atoms with van der Waals surface area (Å²) in [5.41, 5.74) is -0.686. The first kappa shape index (κ1) is 12.1. The Morgan fingerprint density at radius 3 is 2.44 bits per heavy atom. The summed E-state index contributed by atoms with van der Waals surface area (Å²) in [4.78, 5) is 29.7. The van der Waals surface area contributed by atoms with Crippen molar-refractivity contribution in [3.05, 3.63) is 24.3 Å². The minimum Gasteiger partial charge on any atom is -0.481 e. The average molecular weight is 223 g/mol. The van der Waals surface area contributed by atoms with Crippen LogP contribution in [0.5, 0.6) is 0 Å². The molecule has 1 amide bonds. The Morgan fingerprint density at radius 2 is 1.94 bits per heavy atom. The molecular formula is C10H13N3O3. The zero-order valence-electron chi connectivity index (χ0n) is 9.10. The summed E-state index contributed by atoms with van der Waals surface area (Å²) < 4.78 is 0. The number of nitrogens with zero attached hydrogens (tertiary/aromatic N) is 2. The van der Waals surface area contributed by atoms with Crippen LogP contribution in [0.4, 0.5) is 0 Å². The Labute approximate surface area is 92.7 Å². The lowest BCUT2D eigenvalue weighted by molar-refractivity contribution is -0.146. The van der Waals surface area contributed by atoms with Crippen LogP contribution in [0, 0.1) is 5.41 Å². The van der Waals surface area contributed by atoms with Gasteiger partial charge < -0.3 is 10.4 Å². The second-order valence-corrected chi connectivity index (χ2v) is 4.00. The molecule has 0 aliphatic carbocycles. The van der Waals surface area contributed by atoms with Gasteiger partial charge in [0.2, 0.25) is 0 Å². The van der Waals surface area contributed by atoms with Crippen molar-refractivity contribution in [2.75, 3.05) is 6.54 Å². The summed E-state index contributed by atoms with van der Waals surface area (Å²) in [6.07, 6.45) is 4.06. The molecule has 2 N–H and O–H groups in total. The molecule has 0 atom stereocenters. The van der Waals surface area contributed by atoms with Crippen molar-refractivity contribution in [1.82, 2.24) is 15.3 Å². The van der Waals surface area contributed by atoms with Crippen molar-refractivity contribution in [3.8, 4) is 0 Å². The van der Waals surface area contributed by atoms with Crippen molar-refractivity contribution in [2.24, 2.45) is 5.41 Å². The molecule has 0 unspecified atom stereocenters. The fraction of sp³-hybridized carbons (Fsp3) is 0.400. The van der Waals surface area contributed by atoms with E-state index in [9.17, 15) is 9.59 Å². The Hall–Kier alpha value is -1.98. The number of carbonyl (C=O) groups excluding carboxylic acids is 1. The maximum Gasteiger partial charge on any atom is 0.310 e. The summed E-state index contributed by atoms with van der Waals surface area (Å²) in [5.74, 6) is -1.34. The van der Waals surface area contributed by atoms with E-state index in [0.717, 1.165) is 0 Å². The number of hydrogen-bond acceptors (Lipinski definition) is 4. The second kappa shape index (κ2) is 4.69. The first-order chi connectivity index (χ1) is 7.43. The Morgan fingerprint density at radius 1 is 1.38 bits per heavy atom. The molecule has 0 aromatic carbocycles. The number of nitrogens with one attached hydrogen (secondary N) is 1. The van der Waals surface area contributed by atoms with E-state index in [0.29, 0.717) is 5.56 Å². The van der Waals surface area contributed by atoms with E-state index in [1.54, 1.807) is 0 Å². The predicted molar refractivity (Wildman–Crippen MR) is 55.8 cm³/mol.